The molecular weight excluding hydrogens is 449 g/mol. The molecule has 1 aromatic heterocycles. The minimum Gasteiger partial charge on any atom is -0.484 e. The third-order valence-electron chi connectivity index (χ3n) is 5.39. The Morgan fingerprint density at radius 2 is 1.65 bits per heavy atom. The van der Waals surface area contributed by atoms with Crippen molar-refractivity contribution in [2.75, 3.05) is 24.3 Å². The summed E-state index contributed by atoms with van der Waals surface area (Å²) in [5, 5.41) is 3.87. The van der Waals surface area contributed by atoms with Gasteiger partial charge in [0.1, 0.15) is 23.9 Å². The van der Waals surface area contributed by atoms with Gasteiger partial charge in [0.05, 0.1) is 30.3 Å². The summed E-state index contributed by atoms with van der Waals surface area (Å²) >= 11 is 0. The van der Waals surface area contributed by atoms with Crippen molar-refractivity contribution in [1.29, 1.82) is 0 Å². The molecule has 7 nitrogen and oxygen atoms in total. The lowest BCUT2D eigenvalue weighted by molar-refractivity contribution is -0.137. The van der Waals surface area contributed by atoms with Crippen molar-refractivity contribution in [1.82, 2.24) is 9.97 Å². The second-order valence-electron chi connectivity index (χ2n) is 8.58. The van der Waals surface area contributed by atoms with E-state index in [0.29, 0.717) is 52.8 Å². The Hall–Kier alpha value is -3.27. The van der Waals surface area contributed by atoms with Crippen molar-refractivity contribution in [3.63, 3.8) is 0 Å². The van der Waals surface area contributed by atoms with E-state index in [2.05, 4.69) is 15.3 Å². The maximum absolute atomic E-state index is 13.3. The van der Waals surface area contributed by atoms with Crippen LogP contribution in [0.5, 0.6) is 11.5 Å². The highest BCUT2D eigenvalue weighted by Crippen LogP contribution is 2.38. The summed E-state index contributed by atoms with van der Waals surface area (Å²) in [6.07, 6.45) is -4.89. The molecule has 10 heteroatoms. The topological polar surface area (TPSA) is 91.5 Å². The third-order valence-corrected chi connectivity index (χ3v) is 5.39. The van der Waals surface area contributed by atoms with E-state index in [0.717, 1.165) is 12.1 Å². The highest BCUT2D eigenvalue weighted by atomic mass is 19.4. The number of nitrogens with one attached hydrogen (secondary N) is 1. The predicted octanol–water partition coefficient (Wildman–Crippen LogP) is 5.28. The Labute approximate surface area is 195 Å². The summed E-state index contributed by atoms with van der Waals surface area (Å²) in [7, 11) is 0. The number of anilines is 2. The molecule has 0 aliphatic carbocycles. The number of benzene rings is 2. The molecule has 1 aliphatic heterocycles. The molecule has 34 heavy (non-hydrogen) atoms. The fourth-order valence-electron chi connectivity index (χ4n) is 3.83. The van der Waals surface area contributed by atoms with Gasteiger partial charge in [-0.15, -0.1) is 0 Å². The number of nitrogen functional groups attached to an aromatic ring is 1. The zero-order valence-corrected chi connectivity index (χ0v) is 19.4. The number of ether oxygens (including phenoxy) is 3. The summed E-state index contributed by atoms with van der Waals surface area (Å²) in [6, 6.07) is 6.58. The van der Waals surface area contributed by atoms with Gasteiger partial charge >= 0.3 is 6.18 Å². The zero-order chi connectivity index (χ0) is 24.6. The van der Waals surface area contributed by atoms with Crippen molar-refractivity contribution in [3.05, 3.63) is 47.3 Å². The fourth-order valence-corrected chi connectivity index (χ4v) is 3.83. The molecule has 3 atom stereocenters. The molecule has 182 valence electrons. The van der Waals surface area contributed by atoms with Gasteiger partial charge in [-0.2, -0.15) is 13.2 Å². The van der Waals surface area contributed by atoms with Crippen LogP contribution in [0.4, 0.5) is 24.7 Å². The fraction of sp³-hybridized carbons (Fsp3) is 0.417. The molecule has 0 saturated heterocycles. The molecule has 4 rings (SSSR count). The smallest absolute Gasteiger partial charge is 0.416 e. The van der Waals surface area contributed by atoms with Crippen LogP contribution in [0.2, 0.25) is 0 Å². The van der Waals surface area contributed by atoms with E-state index in [1.54, 1.807) is 26.0 Å². The molecule has 3 unspecified atom stereocenters. The number of fused-ring (bicyclic) bond motifs is 2. The van der Waals surface area contributed by atoms with E-state index in [1.165, 1.54) is 6.07 Å². The first kappa shape index (κ1) is 23.9. The van der Waals surface area contributed by atoms with Crippen LogP contribution in [-0.4, -0.2) is 35.4 Å². The molecule has 3 N–H and O–H groups in total. The number of nitrogens with zero attached hydrogens (tertiary/aromatic N) is 2. The molecule has 0 fully saturated rings. The van der Waals surface area contributed by atoms with E-state index >= 15 is 0 Å². The zero-order valence-electron chi connectivity index (χ0n) is 19.4. The van der Waals surface area contributed by atoms with Gasteiger partial charge in [-0.1, -0.05) is 0 Å². The minimum atomic E-state index is -4.49. The first-order valence-electron chi connectivity index (χ1n) is 11.0. The van der Waals surface area contributed by atoms with E-state index in [1.807, 2.05) is 13.8 Å². The number of aryl methyl sites for hydroxylation is 1. The molecule has 2 aromatic carbocycles. The van der Waals surface area contributed by atoms with Gasteiger partial charge in [-0.3, -0.25) is 0 Å². The Bertz CT molecular complexity index is 1200. The first-order valence-corrected chi connectivity index (χ1v) is 11.0. The highest BCUT2D eigenvalue weighted by Gasteiger charge is 2.31. The Morgan fingerprint density at radius 1 is 1.00 bits per heavy atom. The van der Waals surface area contributed by atoms with Gasteiger partial charge in [0.15, 0.2) is 11.5 Å². The highest BCUT2D eigenvalue weighted by molar-refractivity contribution is 5.92. The van der Waals surface area contributed by atoms with Gasteiger partial charge in [0.2, 0.25) is 0 Å². The summed E-state index contributed by atoms with van der Waals surface area (Å²) in [5.74, 6) is 2.03. The second-order valence-corrected chi connectivity index (χ2v) is 8.58. The van der Waals surface area contributed by atoms with Gasteiger partial charge in [0, 0.05) is 17.1 Å². The summed E-state index contributed by atoms with van der Waals surface area (Å²) in [5.41, 5.74) is 5.99. The van der Waals surface area contributed by atoms with Crippen molar-refractivity contribution in [2.45, 2.75) is 52.1 Å². The third kappa shape index (κ3) is 5.27. The monoisotopic (exact) mass is 476 g/mol. The lowest BCUT2D eigenvalue weighted by atomic mass is 10.0. The molecule has 2 heterocycles. The Kier molecular flexibility index (Phi) is 6.44. The number of alkyl halides is 3. The van der Waals surface area contributed by atoms with Crippen LogP contribution >= 0.6 is 0 Å². The van der Waals surface area contributed by atoms with Crippen LogP contribution in [-0.2, 0) is 10.9 Å². The number of hydrogen-bond acceptors (Lipinski definition) is 7. The molecule has 3 aromatic rings. The first-order chi connectivity index (χ1) is 16.0. The molecule has 0 spiro atoms. The average Bonchev–Trinajstić information content (AvgIpc) is 2.79. The van der Waals surface area contributed by atoms with Crippen molar-refractivity contribution < 1.29 is 27.4 Å². The molecule has 0 saturated carbocycles. The van der Waals surface area contributed by atoms with Gasteiger partial charge < -0.3 is 25.3 Å². The molecule has 1 aliphatic rings. The molecular formula is C24H27F3N4O3. The molecule has 0 radical (unpaired) electrons. The van der Waals surface area contributed by atoms with Crippen LogP contribution in [0.3, 0.4) is 0 Å². The average molecular weight is 476 g/mol. The van der Waals surface area contributed by atoms with Crippen LogP contribution in [0.25, 0.3) is 10.9 Å². The van der Waals surface area contributed by atoms with Gasteiger partial charge in [-0.05, 0) is 57.5 Å². The van der Waals surface area contributed by atoms with Gasteiger partial charge in [0.25, 0.3) is 0 Å². The Balaban J connectivity index is 1.74. The van der Waals surface area contributed by atoms with Crippen molar-refractivity contribution in [2.24, 2.45) is 0 Å². The standard InChI is InChI=1S/C24H27F3N4O3/c1-12-10-32-11-13(2)34-22-9-20-19(8-21(22)33-12)23(31-15(4)30-20)29-14(3)16-5-17(24(25,26)27)7-18(28)6-16/h5-9,12-14H,10-11,28H2,1-4H3,(H,29,30,31). The van der Waals surface area contributed by atoms with E-state index in [-0.39, 0.29) is 17.9 Å². The predicted molar refractivity (Wildman–Crippen MR) is 123 cm³/mol. The summed E-state index contributed by atoms with van der Waals surface area (Å²) in [4.78, 5) is 9.03. The lowest BCUT2D eigenvalue weighted by Gasteiger charge is -2.20. The van der Waals surface area contributed by atoms with E-state index in [4.69, 9.17) is 19.9 Å². The van der Waals surface area contributed by atoms with Crippen molar-refractivity contribution >= 4 is 22.4 Å². The summed E-state index contributed by atoms with van der Waals surface area (Å²) < 4.78 is 57.5. The van der Waals surface area contributed by atoms with Crippen molar-refractivity contribution in [3.8, 4) is 11.5 Å². The quantitative estimate of drug-likeness (QED) is 0.497. The second kappa shape index (κ2) is 9.17. The number of hydrogen-bond donors (Lipinski definition) is 2. The van der Waals surface area contributed by atoms with Gasteiger partial charge in [-0.25, -0.2) is 9.97 Å². The molecule has 0 amide bonds. The van der Waals surface area contributed by atoms with Crippen LogP contribution < -0.4 is 20.5 Å². The SMILES string of the molecule is Cc1nc(NC(C)c2cc(N)cc(C(F)(F)F)c2)c2cc3c(cc2n1)OC(C)COCC(C)O3. The van der Waals surface area contributed by atoms with E-state index < -0.39 is 17.8 Å². The van der Waals surface area contributed by atoms with Crippen LogP contribution in [0.15, 0.2) is 30.3 Å². The largest absolute Gasteiger partial charge is 0.484 e. The minimum absolute atomic E-state index is 0.0375. The van der Waals surface area contributed by atoms with E-state index in [9.17, 15) is 13.2 Å². The number of halogens is 3. The lowest BCUT2D eigenvalue weighted by Crippen LogP contribution is -2.22. The normalized spacial score (nSPS) is 19.7. The summed E-state index contributed by atoms with van der Waals surface area (Å²) in [6.45, 7) is 8.14. The molecule has 0 bridgehead atoms. The Morgan fingerprint density at radius 3 is 2.29 bits per heavy atom. The number of aromatic nitrogens is 2. The maximum Gasteiger partial charge on any atom is 0.416 e. The number of rotatable bonds is 3. The maximum atomic E-state index is 13.3. The van der Waals surface area contributed by atoms with Crippen LogP contribution in [0, 0.1) is 6.92 Å². The number of nitrogens with two attached hydrogens (primary N) is 1. The van der Waals surface area contributed by atoms with Crippen LogP contribution in [0.1, 0.15) is 43.8 Å².